The topological polar surface area (TPSA) is 392 Å². The molecule has 0 aliphatic heterocycles. The van der Waals surface area contributed by atoms with Gasteiger partial charge in [-0.25, -0.2) is 0 Å². The molecule has 0 rings (SSSR count). The van der Waals surface area contributed by atoms with Crippen LogP contribution in [0.2, 0.25) is 0 Å². The van der Waals surface area contributed by atoms with Crippen LogP contribution in [0, 0.1) is 0 Å². The Labute approximate surface area is 305 Å². The highest BCUT2D eigenvalue weighted by Crippen LogP contribution is 2.16. The van der Waals surface area contributed by atoms with Gasteiger partial charge in [-0.3, -0.25) is 77.3 Å². The third kappa shape index (κ3) is 21.7. The lowest BCUT2D eigenvalue weighted by Crippen LogP contribution is -2.62. The lowest BCUT2D eigenvalue weighted by Gasteiger charge is -2.40. The SMILES string of the molecule is O=C(O)CN(CCN(CCN(CC(=O)O)CC(=O)O)C(C(=O)O)C(C(=O)O)N(CCN(CC(=O)O)CC(=O)O)CCN(CC(=O)O)CC(=O)O)CC(=O)O. The molecule has 0 aromatic heterocycles. The quantitative estimate of drug-likeness (QED) is 0.0296. The number of hydrogen-bond donors (Lipinski definition) is 10. The minimum atomic E-state index is -2.24. The molecular weight excluding hydrogens is 740 g/mol. The predicted octanol–water partition coefficient (Wildman–Crippen LogP) is -5.62. The highest BCUT2D eigenvalue weighted by molar-refractivity contribution is 5.85. The van der Waals surface area contributed by atoms with Crippen molar-refractivity contribution < 1.29 is 99.0 Å². The average molecular weight is 785 g/mol. The first-order chi connectivity index (χ1) is 25.0. The van der Waals surface area contributed by atoms with Crippen LogP contribution in [0.4, 0.5) is 0 Å². The summed E-state index contributed by atoms with van der Waals surface area (Å²) in [4.78, 5) is 122. The van der Waals surface area contributed by atoms with Crippen LogP contribution >= 0.6 is 0 Å². The normalized spacial score (nSPS) is 12.6. The molecule has 306 valence electrons. The lowest BCUT2D eigenvalue weighted by atomic mass is 10.0. The molecule has 2 unspecified atom stereocenters. The summed E-state index contributed by atoms with van der Waals surface area (Å²) in [5.74, 6) is -15.8. The lowest BCUT2D eigenvalue weighted by molar-refractivity contribution is -0.158. The van der Waals surface area contributed by atoms with Gasteiger partial charge in [0, 0.05) is 52.4 Å². The van der Waals surface area contributed by atoms with E-state index >= 15 is 0 Å². The van der Waals surface area contributed by atoms with Gasteiger partial charge in [-0.1, -0.05) is 0 Å². The Morgan fingerprint density at radius 2 is 0.426 bits per heavy atom. The van der Waals surface area contributed by atoms with Crippen molar-refractivity contribution in [1.29, 1.82) is 0 Å². The van der Waals surface area contributed by atoms with Crippen molar-refractivity contribution in [2.45, 2.75) is 12.1 Å². The second kappa shape index (κ2) is 24.7. The van der Waals surface area contributed by atoms with Crippen LogP contribution in [-0.4, -0.2) is 257 Å². The van der Waals surface area contributed by atoms with E-state index < -0.39 is 176 Å². The fraction of sp³-hybridized carbons (Fsp3) is 0.643. The third-order valence-corrected chi connectivity index (χ3v) is 7.28. The smallest absolute Gasteiger partial charge is 0.323 e. The first-order valence-electron chi connectivity index (χ1n) is 15.6. The van der Waals surface area contributed by atoms with Gasteiger partial charge in [-0.2, -0.15) is 0 Å². The van der Waals surface area contributed by atoms with E-state index in [0.717, 1.165) is 29.4 Å². The standard InChI is InChI=1S/C28H44N6O20/c35-17(36)9-29(10-18(37)38)1-5-33(6-2-30(11-19(39)40)12-20(41)42)25(27(51)52)26(28(53)54)34(7-3-31(13-21(43)44)14-22(45)46)8-4-32(15-23(47)48)16-24(49)50/h25-26H,1-16H2,(H,35,36)(H,37,38)(H,39,40)(H,41,42)(H,43,44)(H,45,46)(H,47,48)(H,49,50)(H,51,52)(H,53,54). The number of carboxylic acids is 10. The molecule has 0 saturated heterocycles. The van der Waals surface area contributed by atoms with Crippen LogP contribution < -0.4 is 0 Å². The minimum Gasteiger partial charge on any atom is -0.480 e. The molecule has 0 fully saturated rings. The molecule has 2 atom stereocenters. The number of nitrogens with zero attached hydrogens (tertiary/aromatic N) is 6. The summed E-state index contributed by atoms with van der Waals surface area (Å²) in [6.45, 7) is -11.8. The van der Waals surface area contributed by atoms with Crippen LogP contribution in [0.25, 0.3) is 0 Å². The summed E-state index contributed by atoms with van der Waals surface area (Å²) in [7, 11) is 0. The fourth-order valence-electron chi connectivity index (χ4n) is 5.23. The second-order valence-corrected chi connectivity index (χ2v) is 11.6. The first kappa shape index (κ1) is 48.5. The molecule has 0 saturated carbocycles. The molecule has 26 nitrogen and oxygen atoms in total. The van der Waals surface area contributed by atoms with E-state index in [-0.39, 0.29) is 0 Å². The van der Waals surface area contributed by atoms with Crippen molar-refractivity contribution in [3.05, 3.63) is 0 Å². The average Bonchev–Trinajstić information content (AvgIpc) is 2.97. The highest BCUT2D eigenvalue weighted by Gasteiger charge is 2.43. The molecule has 0 aromatic rings. The summed E-state index contributed by atoms with van der Waals surface area (Å²) < 4.78 is 0. The van der Waals surface area contributed by atoms with E-state index in [0.29, 0.717) is 0 Å². The molecule has 0 aliphatic rings. The van der Waals surface area contributed by atoms with Gasteiger partial charge in [0.2, 0.25) is 0 Å². The monoisotopic (exact) mass is 784 g/mol. The van der Waals surface area contributed by atoms with E-state index in [1.165, 1.54) is 0 Å². The van der Waals surface area contributed by atoms with Crippen molar-refractivity contribution in [3.8, 4) is 0 Å². The predicted molar refractivity (Wildman–Crippen MR) is 173 cm³/mol. The zero-order valence-electron chi connectivity index (χ0n) is 28.7. The molecule has 0 aliphatic carbocycles. The van der Waals surface area contributed by atoms with Crippen LogP contribution in [0.15, 0.2) is 0 Å². The number of carboxylic acid groups (broad SMARTS) is 10. The van der Waals surface area contributed by atoms with E-state index in [9.17, 15) is 99.0 Å². The summed E-state index contributed by atoms with van der Waals surface area (Å²) in [5, 5.41) is 95.1. The first-order valence-corrected chi connectivity index (χ1v) is 15.6. The maximum atomic E-state index is 13.0. The van der Waals surface area contributed by atoms with Crippen molar-refractivity contribution in [3.63, 3.8) is 0 Å². The minimum absolute atomic E-state index is 0.553. The Morgan fingerprint density at radius 3 is 0.537 bits per heavy atom. The number of carbonyl (C=O) groups is 10. The Balaban J connectivity index is 7.25. The van der Waals surface area contributed by atoms with Crippen LogP contribution in [-0.2, 0) is 47.9 Å². The maximum absolute atomic E-state index is 13.0. The fourth-order valence-corrected chi connectivity index (χ4v) is 5.23. The zero-order chi connectivity index (χ0) is 41.7. The summed E-state index contributed by atoms with van der Waals surface area (Å²) in [5.41, 5.74) is 0. The summed E-state index contributed by atoms with van der Waals surface area (Å²) >= 11 is 0. The van der Waals surface area contributed by atoms with E-state index in [2.05, 4.69) is 0 Å². The van der Waals surface area contributed by atoms with E-state index in [1.807, 2.05) is 0 Å². The third-order valence-electron chi connectivity index (χ3n) is 7.28. The van der Waals surface area contributed by atoms with Gasteiger partial charge in [0.1, 0.15) is 12.1 Å². The highest BCUT2D eigenvalue weighted by atomic mass is 16.4. The molecule has 0 bridgehead atoms. The van der Waals surface area contributed by atoms with Crippen LogP contribution in [0.3, 0.4) is 0 Å². The van der Waals surface area contributed by atoms with Crippen molar-refractivity contribution >= 4 is 59.7 Å². The second-order valence-electron chi connectivity index (χ2n) is 11.6. The van der Waals surface area contributed by atoms with E-state index in [1.54, 1.807) is 0 Å². The number of aliphatic carboxylic acids is 10. The van der Waals surface area contributed by atoms with Gasteiger partial charge in [-0.05, 0) is 0 Å². The molecule has 0 aromatic carbocycles. The number of hydrogen-bond acceptors (Lipinski definition) is 16. The van der Waals surface area contributed by atoms with Gasteiger partial charge in [0.15, 0.2) is 0 Å². The molecular formula is C28H44N6O20. The molecule has 26 heteroatoms. The molecule has 0 spiro atoms. The molecule has 0 radical (unpaired) electrons. The zero-order valence-corrected chi connectivity index (χ0v) is 28.7. The van der Waals surface area contributed by atoms with Crippen molar-refractivity contribution in [1.82, 2.24) is 29.4 Å². The van der Waals surface area contributed by atoms with Crippen LogP contribution in [0.5, 0.6) is 0 Å². The van der Waals surface area contributed by atoms with Crippen molar-refractivity contribution in [2.24, 2.45) is 0 Å². The van der Waals surface area contributed by atoms with E-state index in [4.69, 9.17) is 0 Å². The largest absolute Gasteiger partial charge is 0.480 e. The Hall–Kier alpha value is -5.54. The van der Waals surface area contributed by atoms with Gasteiger partial charge in [-0.15, -0.1) is 0 Å². The maximum Gasteiger partial charge on any atom is 0.323 e. The van der Waals surface area contributed by atoms with Gasteiger partial charge < -0.3 is 51.1 Å². The van der Waals surface area contributed by atoms with Crippen molar-refractivity contribution in [2.75, 3.05) is 105 Å². The van der Waals surface area contributed by atoms with Gasteiger partial charge in [0.25, 0.3) is 0 Å². The molecule has 10 N–H and O–H groups in total. The summed E-state index contributed by atoms with van der Waals surface area (Å²) in [6.07, 6.45) is 0. The Morgan fingerprint density at radius 1 is 0.278 bits per heavy atom. The van der Waals surface area contributed by atoms with Gasteiger partial charge in [0.05, 0.1) is 52.4 Å². The summed E-state index contributed by atoms with van der Waals surface area (Å²) in [6, 6.07) is -4.48. The molecule has 0 amide bonds. The molecule has 0 heterocycles. The number of rotatable bonds is 33. The van der Waals surface area contributed by atoms with Crippen LogP contribution in [0.1, 0.15) is 0 Å². The molecule has 54 heavy (non-hydrogen) atoms. The Kier molecular flexibility index (Phi) is 22.1. The Bertz CT molecular complexity index is 1120. The van der Waals surface area contributed by atoms with Gasteiger partial charge >= 0.3 is 59.7 Å².